The van der Waals surface area contributed by atoms with Gasteiger partial charge >= 0.3 is 6.03 Å². The minimum Gasteiger partial charge on any atom is -0.379 e. The fourth-order valence-corrected chi connectivity index (χ4v) is 3.23. The van der Waals surface area contributed by atoms with Gasteiger partial charge in [0.15, 0.2) is 0 Å². The van der Waals surface area contributed by atoms with E-state index in [1.165, 1.54) is 0 Å². The van der Waals surface area contributed by atoms with Gasteiger partial charge in [-0.05, 0) is 50.0 Å². The Morgan fingerprint density at radius 2 is 2.07 bits per heavy atom. The summed E-state index contributed by atoms with van der Waals surface area (Å²) in [6.07, 6.45) is 5.75. The van der Waals surface area contributed by atoms with E-state index in [1.807, 2.05) is 73.6 Å². The lowest BCUT2D eigenvalue weighted by Crippen LogP contribution is -2.41. The van der Waals surface area contributed by atoms with E-state index in [1.54, 1.807) is 6.20 Å². The number of carbonyl (C=O) groups is 1. The highest BCUT2D eigenvalue weighted by atomic mass is 16.5. The SMILES string of the molecule is CN(C)C[C@H]1COCCN(C(=O)Nc2ccc(/C=C/c3ccccn3)cc2)C1. The summed E-state index contributed by atoms with van der Waals surface area (Å²) in [5, 5.41) is 3.00. The van der Waals surface area contributed by atoms with Gasteiger partial charge in [-0.25, -0.2) is 4.79 Å². The van der Waals surface area contributed by atoms with Crippen LogP contribution in [0.1, 0.15) is 11.3 Å². The first-order chi connectivity index (χ1) is 13.6. The molecule has 6 heteroatoms. The fraction of sp³-hybridized carbons (Fsp3) is 0.364. The number of ether oxygens (including phenoxy) is 1. The summed E-state index contributed by atoms with van der Waals surface area (Å²) in [7, 11) is 4.08. The number of rotatable bonds is 5. The van der Waals surface area contributed by atoms with Crippen LogP contribution in [0.3, 0.4) is 0 Å². The standard InChI is InChI=1S/C22H28N4O2/c1-25(2)15-19-16-26(13-14-28-17-19)22(27)24-21-10-7-18(8-11-21)6-9-20-5-3-4-12-23-20/h3-12,19H,13-17H2,1-2H3,(H,24,27)/b9-6+/t19-/m1/s1. The van der Waals surface area contributed by atoms with Gasteiger partial charge in [0.05, 0.1) is 18.9 Å². The number of hydrogen-bond donors (Lipinski definition) is 1. The molecule has 2 aromatic rings. The summed E-state index contributed by atoms with van der Waals surface area (Å²) < 4.78 is 5.66. The zero-order valence-electron chi connectivity index (χ0n) is 16.5. The van der Waals surface area contributed by atoms with Crippen LogP contribution in [-0.2, 0) is 4.74 Å². The van der Waals surface area contributed by atoms with E-state index in [4.69, 9.17) is 4.74 Å². The second kappa shape index (κ2) is 10.0. The first-order valence-corrected chi connectivity index (χ1v) is 9.58. The molecule has 28 heavy (non-hydrogen) atoms. The number of urea groups is 1. The molecule has 1 atom stereocenters. The molecule has 1 aromatic carbocycles. The molecule has 2 amide bonds. The minimum atomic E-state index is -0.0777. The molecular weight excluding hydrogens is 352 g/mol. The van der Waals surface area contributed by atoms with Gasteiger partial charge in [-0.15, -0.1) is 0 Å². The quantitative estimate of drug-likeness (QED) is 0.865. The number of pyridine rings is 1. The average molecular weight is 380 g/mol. The number of aromatic nitrogens is 1. The fourth-order valence-electron chi connectivity index (χ4n) is 3.23. The van der Waals surface area contributed by atoms with Gasteiger partial charge in [0, 0.05) is 37.4 Å². The first-order valence-electron chi connectivity index (χ1n) is 9.58. The molecular formula is C22H28N4O2. The van der Waals surface area contributed by atoms with Crippen LogP contribution in [0.2, 0.25) is 0 Å². The summed E-state index contributed by atoms with van der Waals surface area (Å²) >= 11 is 0. The highest BCUT2D eigenvalue weighted by Crippen LogP contribution is 2.14. The highest BCUT2D eigenvalue weighted by molar-refractivity contribution is 5.89. The maximum Gasteiger partial charge on any atom is 0.321 e. The van der Waals surface area contributed by atoms with Crippen LogP contribution in [0.5, 0.6) is 0 Å². The largest absolute Gasteiger partial charge is 0.379 e. The van der Waals surface area contributed by atoms with Crippen LogP contribution < -0.4 is 5.32 Å². The Labute approximate surface area is 166 Å². The predicted molar refractivity (Wildman–Crippen MR) is 113 cm³/mol. The maximum atomic E-state index is 12.7. The van der Waals surface area contributed by atoms with Crippen molar-refractivity contribution in [2.45, 2.75) is 0 Å². The van der Waals surface area contributed by atoms with Crippen LogP contribution in [0.25, 0.3) is 12.2 Å². The second-order valence-corrected chi connectivity index (χ2v) is 7.29. The van der Waals surface area contributed by atoms with E-state index < -0.39 is 0 Å². The van der Waals surface area contributed by atoms with Gasteiger partial charge in [0.2, 0.25) is 0 Å². The number of anilines is 1. The Kier molecular flexibility index (Phi) is 7.17. The van der Waals surface area contributed by atoms with Crippen LogP contribution in [0, 0.1) is 5.92 Å². The molecule has 1 aliphatic rings. The molecule has 1 N–H and O–H groups in total. The molecule has 1 aromatic heterocycles. The minimum absolute atomic E-state index is 0.0777. The van der Waals surface area contributed by atoms with Crippen molar-refractivity contribution in [2.75, 3.05) is 52.3 Å². The van der Waals surface area contributed by atoms with E-state index in [0.717, 1.165) is 23.5 Å². The van der Waals surface area contributed by atoms with Crippen molar-refractivity contribution in [3.8, 4) is 0 Å². The van der Waals surface area contributed by atoms with E-state index in [2.05, 4.69) is 15.2 Å². The van der Waals surface area contributed by atoms with Crippen molar-refractivity contribution < 1.29 is 9.53 Å². The number of nitrogens with zero attached hydrogens (tertiary/aromatic N) is 3. The van der Waals surface area contributed by atoms with Gasteiger partial charge in [-0.1, -0.05) is 24.3 Å². The number of benzene rings is 1. The number of amides is 2. The molecule has 0 spiro atoms. The van der Waals surface area contributed by atoms with Crippen molar-refractivity contribution in [3.05, 3.63) is 59.9 Å². The zero-order chi connectivity index (χ0) is 19.8. The lowest BCUT2D eigenvalue weighted by atomic mass is 10.1. The number of nitrogens with one attached hydrogen (secondary N) is 1. The van der Waals surface area contributed by atoms with E-state index in [9.17, 15) is 4.79 Å². The molecule has 2 heterocycles. The molecule has 0 saturated carbocycles. The van der Waals surface area contributed by atoms with Crippen LogP contribution in [-0.4, -0.2) is 67.8 Å². The van der Waals surface area contributed by atoms with Crippen molar-refractivity contribution in [1.29, 1.82) is 0 Å². The summed E-state index contributed by atoms with van der Waals surface area (Å²) in [6, 6.07) is 13.5. The summed E-state index contributed by atoms with van der Waals surface area (Å²) in [4.78, 5) is 20.9. The normalized spacial score (nSPS) is 17.7. The van der Waals surface area contributed by atoms with E-state index in [0.29, 0.717) is 32.2 Å². The Morgan fingerprint density at radius 3 is 2.79 bits per heavy atom. The van der Waals surface area contributed by atoms with Crippen molar-refractivity contribution >= 4 is 23.9 Å². The molecule has 3 rings (SSSR count). The molecule has 0 unspecified atom stereocenters. The average Bonchev–Trinajstić information content (AvgIpc) is 2.93. The second-order valence-electron chi connectivity index (χ2n) is 7.29. The van der Waals surface area contributed by atoms with E-state index >= 15 is 0 Å². The van der Waals surface area contributed by atoms with Gasteiger partial charge in [-0.2, -0.15) is 0 Å². The molecule has 0 radical (unpaired) electrons. The third-order valence-electron chi connectivity index (χ3n) is 4.54. The molecule has 0 bridgehead atoms. The first kappa shape index (κ1) is 20.0. The van der Waals surface area contributed by atoms with Gasteiger partial charge in [0.1, 0.15) is 0 Å². The number of hydrogen-bond acceptors (Lipinski definition) is 4. The predicted octanol–water partition coefficient (Wildman–Crippen LogP) is 3.29. The Morgan fingerprint density at radius 1 is 1.25 bits per heavy atom. The van der Waals surface area contributed by atoms with Crippen molar-refractivity contribution in [3.63, 3.8) is 0 Å². The molecule has 1 aliphatic heterocycles. The summed E-state index contributed by atoms with van der Waals surface area (Å²) in [5.41, 5.74) is 2.75. The smallest absolute Gasteiger partial charge is 0.321 e. The van der Waals surface area contributed by atoms with Gasteiger partial charge in [-0.3, -0.25) is 4.98 Å². The molecule has 148 valence electrons. The third kappa shape index (κ3) is 6.18. The monoisotopic (exact) mass is 380 g/mol. The van der Waals surface area contributed by atoms with E-state index in [-0.39, 0.29) is 6.03 Å². The zero-order valence-corrected chi connectivity index (χ0v) is 16.5. The van der Waals surface area contributed by atoms with Crippen LogP contribution in [0.4, 0.5) is 10.5 Å². The summed E-state index contributed by atoms with van der Waals surface area (Å²) in [5.74, 6) is 0.322. The lowest BCUT2D eigenvalue weighted by Gasteiger charge is -2.25. The Bertz CT molecular complexity index is 775. The lowest BCUT2D eigenvalue weighted by molar-refractivity contribution is 0.112. The third-order valence-corrected chi connectivity index (χ3v) is 4.54. The maximum absolute atomic E-state index is 12.7. The van der Waals surface area contributed by atoms with Crippen LogP contribution in [0.15, 0.2) is 48.7 Å². The van der Waals surface area contributed by atoms with Crippen molar-refractivity contribution in [2.24, 2.45) is 5.92 Å². The highest BCUT2D eigenvalue weighted by Gasteiger charge is 2.23. The Balaban J connectivity index is 1.57. The Hall–Kier alpha value is -2.70. The van der Waals surface area contributed by atoms with Gasteiger partial charge < -0.3 is 19.9 Å². The summed E-state index contributed by atoms with van der Waals surface area (Å²) in [6.45, 7) is 3.49. The van der Waals surface area contributed by atoms with Crippen LogP contribution >= 0.6 is 0 Å². The van der Waals surface area contributed by atoms with Gasteiger partial charge in [0.25, 0.3) is 0 Å². The van der Waals surface area contributed by atoms with Crippen molar-refractivity contribution in [1.82, 2.24) is 14.8 Å². The topological polar surface area (TPSA) is 57.7 Å². The molecule has 0 aliphatic carbocycles. The number of carbonyl (C=O) groups excluding carboxylic acids is 1. The molecule has 1 fully saturated rings. The molecule has 1 saturated heterocycles. The molecule has 6 nitrogen and oxygen atoms in total.